The van der Waals surface area contributed by atoms with E-state index in [4.69, 9.17) is 11.6 Å². The Labute approximate surface area is 200 Å². The van der Waals surface area contributed by atoms with Gasteiger partial charge in [-0.2, -0.15) is 5.10 Å². The maximum Gasteiger partial charge on any atom is 0.250 e. The number of amides is 1. The number of thioether (sulfide) groups is 1. The van der Waals surface area contributed by atoms with E-state index in [0.29, 0.717) is 16.0 Å². The van der Waals surface area contributed by atoms with Crippen LogP contribution in [-0.2, 0) is 4.79 Å². The minimum Gasteiger partial charge on any atom is -0.272 e. The van der Waals surface area contributed by atoms with Gasteiger partial charge in [0.15, 0.2) is 11.0 Å². The summed E-state index contributed by atoms with van der Waals surface area (Å²) in [5.41, 5.74) is 4.33. The van der Waals surface area contributed by atoms with Crippen LogP contribution in [0.15, 0.2) is 80.8 Å². The Balaban J connectivity index is 1.50. The number of rotatable bonds is 7. The number of halogens is 2. The summed E-state index contributed by atoms with van der Waals surface area (Å²) in [6.07, 6.45) is 1.61. The predicted molar refractivity (Wildman–Crippen MR) is 130 cm³/mol. The second-order valence-electron chi connectivity index (χ2n) is 6.21. The van der Waals surface area contributed by atoms with E-state index in [0.717, 1.165) is 19.9 Å². The van der Waals surface area contributed by atoms with Crippen LogP contribution in [0.5, 0.6) is 0 Å². The molecule has 2 aromatic heterocycles. The van der Waals surface area contributed by atoms with Gasteiger partial charge in [-0.25, -0.2) is 5.43 Å². The third-order valence-electron chi connectivity index (χ3n) is 4.06. The molecule has 6 nitrogen and oxygen atoms in total. The molecular formula is C21H15BrClN5OS2. The Hall–Kier alpha value is -2.46. The van der Waals surface area contributed by atoms with Crippen LogP contribution >= 0.6 is 50.6 Å². The highest BCUT2D eigenvalue weighted by atomic mass is 79.9. The second-order valence-corrected chi connectivity index (χ2v) is 10.1. The van der Waals surface area contributed by atoms with Crippen LogP contribution in [0.2, 0.25) is 5.02 Å². The molecule has 0 spiro atoms. The van der Waals surface area contributed by atoms with E-state index in [1.165, 1.54) is 23.1 Å². The molecule has 2 heterocycles. The number of nitrogens with zero attached hydrogens (tertiary/aromatic N) is 4. The molecule has 31 heavy (non-hydrogen) atoms. The average Bonchev–Trinajstić information content (AvgIpc) is 3.39. The summed E-state index contributed by atoms with van der Waals surface area (Å²) in [5.74, 6) is 0.594. The van der Waals surface area contributed by atoms with Gasteiger partial charge in [0.25, 0.3) is 5.91 Å². The molecule has 0 atom stereocenters. The number of nitrogens with one attached hydrogen (secondary N) is 1. The first kappa shape index (κ1) is 21.8. The largest absolute Gasteiger partial charge is 0.272 e. The van der Waals surface area contributed by atoms with Gasteiger partial charge < -0.3 is 0 Å². The fraction of sp³-hybridized carbons (Fsp3) is 0.0476. The third kappa shape index (κ3) is 5.62. The van der Waals surface area contributed by atoms with Crippen molar-refractivity contribution in [1.29, 1.82) is 0 Å². The quantitative estimate of drug-likeness (QED) is 0.190. The number of aromatic nitrogens is 3. The van der Waals surface area contributed by atoms with E-state index in [9.17, 15) is 4.79 Å². The highest BCUT2D eigenvalue weighted by Crippen LogP contribution is 2.28. The Bertz CT molecular complexity index is 1210. The summed E-state index contributed by atoms with van der Waals surface area (Å²) < 4.78 is 2.93. The van der Waals surface area contributed by atoms with Crippen molar-refractivity contribution < 1.29 is 4.79 Å². The smallest absolute Gasteiger partial charge is 0.250 e. The number of thiophene rings is 1. The molecule has 4 aromatic rings. The van der Waals surface area contributed by atoms with E-state index in [1.807, 2.05) is 71.3 Å². The molecule has 0 aliphatic carbocycles. The number of hydrazone groups is 1. The zero-order valence-electron chi connectivity index (χ0n) is 15.9. The van der Waals surface area contributed by atoms with Gasteiger partial charge in [-0.1, -0.05) is 41.6 Å². The molecule has 0 bridgehead atoms. The van der Waals surface area contributed by atoms with Crippen molar-refractivity contribution in [3.05, 3.63) is 80.4 Å². The number of para-hydroxylation sites is 1. The molecule has 0 saturated carbocycles. The summed E-state index contributed by atoms with van der Waals surface area (Å²) in [4.78, 5) is 13.2. The lowest BCUT2D eigenvalue weighted by atomic mass is 10.2. The van der Waals surface area contributed by atoms with Crippen molar-refractivity contribution in [2.75, 3.05) is 5.75 Å². The molecular weight excluding hydrogens is 518 g/mol. The van der Waals surface area contributed by atoms with E-state index in [-0.39, 0.29) is 11.7 Å². The molecule has 1 amide bonds. The SMILES string of the molecule is O=C(CSc1nnc(-c2ccc(Cl)cc2)n1-c1ccccc1)NN=Cc1ccc(Br)s1. The summed E-state index contributed by atoms with van der Waals surface area (Å²) >= 11 is 12.2. The molecule has 0 saturated heterocycles. The van der Waals surface area contributed by atoms with Gasteiger partial charge in [0.2, 0.25) is 0 Å². The van der Waals surface area contributed by atoms with Gasteiger partial charge in [0.1, 0.15) is 0 Å². The molecule has 0 aliphatic rings. The second kappa shape index (κ2) is 10.2. The number of hydrogen-bond donors (Lipinski definition) is 1. The van der Waals surface area contributed by atoms with Crippen LogP contribution in [0.25, 0.3) is 17.1 Å². The molecule has 0 unspecified atom stereocenters. The zero-order valence-corrected chi connectivity index (χ0v) is 19.9. The van der Waals surface area contributed by atoms with Crippen LogP contribution in [0.1, 0.15) is 4.88 Å². The predicted octanol–water partition coefficient (Wildman–Crippen LogP) is 5.65. The minimum absolute atomic E-state index is 0.150. The van der Waals surface area contributed by atoms with Crippen LogP contribution in [-0.4, -0.2) is 32.6 Å². The molecule has 0 radical (unpaired) electrons. The number of hydrogen-bond acceptors (Lipinski definition) is 6. The summed E-state index contributed by atoms with van der Waals surface area (Å²) in [6.45, 7) is 0. The standard InChI is InChI=1S/C21H15BrClN5OS2/c22-18-11-10-17(31-18)12-24-25-19(29)13-30-21-27-26-20(14-6-8-15(23)9-7-14)28(21)16-4-2-1-3-5-16/h1-12H,13H2,(H,25,29). The van der Waals surface area contributed by atoms with E-state index in [2.05, 4.69) is 36.7 Å². The normalized spacial score (nSPS) is 11.2. The van der Waals surface area contributed by atoms with Crippen molar-refractivity contribution >= 4 is 62.8 Å². The van der Waals surface area contributed by atoms with Gasteiger partial charge in [-0.15, -0.1) is 21.5 Å². The van der Waals surface area contributed by atoms with Crippen molar-refractivity contribution in [3.63, 3.8) is 0 Å². The molecule has 4 rings (SSSR count). The van der Waals surface area contributed by atoms with Crippen molar-refractivity contribution in [1.82, 2.24) is 20.2 Å². The van der Waals surface area contributed by atoms with E-state index in [1.54, 1.807) is 6.21 Å². The van der Waals surface area contributed by atoms with Crippen LogP contribution < -0.4 is 5.43 Å². The Morgan fingerprint density at radius 3 is 2.61 bits per heavy atom. The number of carbonyl (C=O) groups excluding carboxylic acids is 1. The van der Waals surface area contributed by atoms with Crippen molar-refractivity contribution in [2.24, 2.45) is 5.10 Å². The first-order valence-electron chi connectivity index (χ1n) is 9.07. The van der Waals surface area contributed by atoms with Crippen LogP contribution in [0.4, 0.5) is 0 Å². The summed E-state index contributed by atoms with van der Waals surface area (Å²) in [5, 5.41) is 13.9. The fourth-order valence-electron chi connectivity index (χ4n) is 2.69. The highest BCUT2D eigenvalue weighted by molar-refractivity contribution is 9.11. The lowest BCUT2D eigenvalue weighted by Crippen LogP contribution is -2.19. The van der Waals surface area contributed by atoms with Crippen molar-refractivity contribution in [3.8, 4) is 17.1 Å². The monoisotopic (exact) mass is 531 g/mol. The molecule has 2 aromatic carbocycles. The highest BCUT2D eigenvalue weighted by Gasteiger charge is 2.17. The zero-order chi connectivity index (χ0) is 21.6. The van der Waals surface area contributed by atoms with Gasteiger partial charge in [-0.05, 0) is 64.5 Å². The summed E-state index contributed by atoms with van der Waals surface area (Å²) in [7, 11) is 0. The Kier molecular flexibility index (Phi) is 7.18. The fourth-order valence-corrected chi connectivity index (χ4v) is 4.85. The van der Waals surface area contributed by atoms with Gasteiger partial charge in [0, 0.05) is 21.2 Å². The van der Waals surface area contributed by atoms with Crippen molar-refractivity contribution in [2.45, 2.75) is 5.16 Å². The van der Waals surface area contributed by atoms with Crippen LogP contribution in [0.3, 0.4) is 0 Å². The number of carbonyl (C=O) groups is 1. The third-order valence-corrected chi connectivity index (χ3v) is 6.80. The van der Waals surface area contributed by atoms with E-state index < -0.39 is 0 Å². The lowest BCUT2D eigenvalue weighted by Gasteiger charge is -2.10. The van der Waals surface area contributed by atoms with E-state index >= 15 is 0 Å². The van der Waals surface area contributed by atoms with Crippen LogP contribution in [0, 0.1) is 0 Å². The van der Waals surface area contributed by atoms with Gasteiger partial charge in [0.05, 0.1) is 15.8 Å². The lowest BCUT2D eigenvalue weighted by molar-refractivity contribution is -0.118. The molecule has 156 valence electrons. The maximum absolute atomic E-state index is 12.3. The molecule has 0 aliphatic heterocycles. The Morgan fingerprint density at radius 1 is 1.13 bits per heavy atom. The molecule has 0 fully saturated rings. The average molecular weight is 533 g/mol. The topological polar surface area (TPSA) is 72.2 Å². The van der Waals surface area contributed by atoms with Gasteiger partial charge >= 0.3 is 0 Å². The molecule has 10 heteroatoms. The molecule has 1 N–H and O–H groups in total. The first-order valence-corrected chi connectivity index (χ1v) is 12.0. The number of benzene rings is 2. The van der Waals surface area contributed by atoms with Gasteiger partial charge in [-0.3, -0.25) is 9.36 Å². The Morgan fingerprint density at radius 2 is 1.90 bits per heavy atom. The minimum atomic E-state index is -0.229. The maximum atomic E-state index is 12.3. The first-order chi connectivity index (χ1) is 15.1. The summed E-state index contributed by atoms with van der Waals surface area (Å²) in [6, 6.07) is 21.0.